The summed E-state index contributed by atoms with van der Waals surface area (Å²) in [6.07, 6.45) is 1.79. The Labute approximate surface area is 186 Å². The molecule has 6 heteroatoms. The van der Waals surface area contributed by atoms with Crippen molar-refractivity contribution in [2.24, 2.45) is 5.10 Å². The predicted octanol–water partition coefficient (Wildman–Crippen LogP) is 5.88. The average molecular weight is 441 g/mol. The van der Waals surface area contributed by atoms with Crippen molar-refractivity contribution >= 4 is 35.3 Å². The highest BCUT2D eigenvalue weighted by Gasteiger charge is 2.07. The van der Waals surface area contributed by atoms with Gasteiger partial charge in [-0.2, -0.15) is 5.10 Å². The molecule has 0 aliphatic carbocycles. The number of benzene rings is 3. The van der Waals surface area contributed by atoms with E-state index in [1.54, 1.807) is 18.2 Å². The van der Waals surface area contributed by atoms with Crippen LogP contribution in [0.15, 0.2) is 65.8 Å². The van der Waals surface area contributed by atoms with Gasteiger partial charge in [-0.25, -0.2) is 5.43 Å². The maximum Gasteiger partial charge on any atom is 0.244 e. The van der Waals surface area contributed by atoms with Crippen molar-refractivity contribution in [3.63, 3.8) is 0 Å². The summed E-state index contributed by atoms with van der Waals surface area (Å²) in [6, 6.07) is 18.7. The first-order valence-electron chi connectivity index (χ1n) is 9.45. The summed E-state index contributed by atoms with van der Waals surface area (Å²) in [7, 11) is 0. The molecule has 3 aromatic rings. The van der Waals surface area contributed by atoms with Crippen molar-refractivity contribution < 1.29 is 9.53 Å². The van der Waals surface area contributed by atoms with Gasteiger partial charge in [0.2, 0.25) is 5.91 Å². The molecular formula is C24H22Cl2N2O2. The molecule has 0 radical (unpaired) electrons. The minimum atomic E-state index is -0.191. The van der Waals surface area contributed by atoms with E-state index in [0.717, 1.165) is 16.7 Å². The third-order valence-corrected chi connectivity index (χ3v) is 5.01. The van der Waals surface area contributed by atoms with Crippen LogP contribution in [0.25, 0.3) is 0 Å². The number of halogens is 2. The van der Waals surface area contributed by atoms with Crippen molar-refractivity contribution in [1.82, 2.24) is 5.43 Å². The monoisotopic (exact) mass is 440 g/mol. The zero-order chi connectivity index (χ0) is 21.5. The standard InChI is InChI=1S/C24H22Cl2N2O2/c1-16-3-6-19(17(2)11-16)13-24(29)28-27-14-20-12-22(26)9-10-23(20)30-15-18-4-7-21(25)8-5-18/h3-12,14H,13,15H2,1-2H3,(H,28,29)/b27-14+. The fourth-order valence-corrected chi connectivity index (χ4v) is 3.23. The number of carbonyl (C=O) groups excluding carboxylic acids is 1. The van der Waals surface area contributed by atoms with Crippen LogP contribution in [0.2, 0.25) is 10.0 Å². The molecule has 0 saturated heterocycles. The topological polar surface area (TPSA) is 50.7 Å². The van der Waals surface area contributed by atoms with Crippen molar-refractivity contribution in [1.29, 1.82) is 0 Å². The van der Waals surface area contributed by atoms with Crippen molar-refractivity contribution in [2.45, 2.75) is 26.9 Å². The quantitative estimate of drug-likeness (QED) is 0.368. The number of hydrogen-bond donors (Lipinski definition) is 1. The van der Waals surface area contributed by atoms with Gasteiger partial charge in [-0.15, -0.1) is 0 Å². The number of nitrogens with one attached hydrogen (secondary N) is 1. The molecule has 0 heterocycles. The maximum atomic E-state index is 12.2. The molecule has 0 aliphatic rings. The minimum Gasteiger partial charge on any atom is -0.488 e. The highest BCUT2D eigenvalue weighted by Crippen LogP contribution is 2.23. The van der Waals surface area contributed by atoms with Crippen LogP contribution in [0.3, 0.4) is 0 Å². The highest BCUT2D eigenvalue weighted by atomic mass is 35.5. The van der Waals surface area contributed by atoms with E-state index in [4.69, 9.17) is 27.9 Å². The summed E-state index contributed by atoms with van der Waals surface area (Å²) in [4.78, 5) is 12.2. The molecule has 4 nitrogen and oxygen atoms in total. The highest BCUT2D eigenvalue weighted by molar-refractivity contribution is 6.31. The molecule has 0 aliphatic heterocycles. The summed E-state index contributed by atoms with van der Waals surface area (Å²) < 4.78 is 5.89. The third-order valence-electron chi connectivity index (χ3n) is 4.52. The number of carbonyl (C=O) groups is 1. The fraction of sp³-hybridized carbons (Fsp3) is 0.167. The molecule has 0 bridgehead atoms. The number of hydrogen-bond acceptors (Lipinski definition) is 3. The Hall–Kier alpha value is -2.82. The Bertz CT molecular complexity index is 1060. The van der Waals surface area contributed by atoms with E-state index in [2.05, 4.69) is 16.6 Å². The second-order valence-corrected chi connectivity index (χ2v) is 7.87. The van der Waals surface area contributed by atoms with Crippen LogP contribution in [-0.4, -0.2) is 12.1 Å². The Morgan fingerprint density at radius 2 is 1.73 bits per heavy atom. The molecule has 0 saturated carbocycles. The Kier molecular flexibility index (Phi) is 7.50. The molecule has 0 fully saturated rings. The van der Waals surface area contributed by atoms with Crippen molar-refractivity contribution in [3.05, 3.63) is 98.5 Å². The van der Waals surface area contributed by atoms with E-state index >= 15 is 0 Å². The molecule has 1 amide bonds. The van der Waals surface area contributed by atoms with Crippen LogP contribution >= 0.6 is 23.2 Å². The Morgan fingerprint density at radius 3 is 2.47 bits per heavy atom. The molecular weight excluding hydrogens is 419 g/mol. The molecule has 3 rings (SSSR count). The van der Waals surface area contributed by atoms with Gasteiger partial charge in [0.05, 0.1) is 12.6 Å². The van der Waals surface area contributed by atoms with Crippen LogP contribution in [-0.2, 0) is 17.8 Å². The first-order valence-corrected chi connectivity index (χ1v) is 10.2. The van der Waals surface area contributed by atoms with E-state index in [0.29, 0.717) is 28.0 Å². The van der Waals surface area contributed by atoms with Crippen LogP contribution in [0.1, 0.15) is 27.8 Å². The lowest BCUT2D eigenvalue weighted by Crippen LogP contribution is -2.20. The molecule has 0 atom stereocenters. The molecule has 30 heavy (non-hydrogen) atoms. The lowest BCUT2D eigenvalue weighted by atomic mass is 10.0. The maximum absolute atomic E-state index is 12.2. The van der Waals surface area contributed by atoms with Gasteiger partial charge in [-0.3, -0.25) is 4.79 Å². The largest absolute Gasteiger partial charge is 0.488 e. The van der Waals surface area contributed by atoms with Crippen LogP contribution in [0, 0.1) is 13.8 Å². The first kappa shape index (κ1) is 21.9. The zero-order valence-electron chi connectivity index (χ0n) is 16.8. The van der Waals surface area contributed by atoms with Gasteiger partial charge in [0.15, 0.2) is 0 Å². The lowest BCUT2D eigenvalue weighted by Gasteiger charge is -2.10. The normalized spacial score (nSPS) is 10.9. The summed E-state index contributed by atoms with van der Waals surface area (Å²) in [5, 5.41) is 5.30. The summed E-state index contributed by atoms with van der Waals surface area (Å²) in [6.45, 7) is 4.40. The van der Waals surface area contributed by atoms with Crippen molar-refractivity contribution in [3.8, 4) is 5.75 Å². The SMILES string of the molecule is Cc1ccc(CC(=O)N/N=C/c2cc(Cl)ccc2OCc2ccc(Cl)cc2)c(C)c1. The summed E-state index contributed by atoms with van der Waals surface area (Å²) in [5.74, 6) is 0.422. The van der Waals surface area contributed by atoms with Gasteiger partial charge < -0.3 is 4.74 Å². The number of hydrazone groups is 1. The molecule has 154 valence electrons. The number of rotatable bonds is 7. The average Bonchev–Trinajstić information content (AvgIpc) is 2.71. The predicted molar refractivity (Wildman–Crippen MR) is 123 cm³/mol. The molecule has 1 N–H and O–H groups in total. The zero-order valence-corrected chi connectivity index (χ0v) is 18.3. The van der Waals surface area contributed by atoms with Crippen LogP contribution < -0.4 is 10.2 Å². The first-order chi connectivity index (χ1) is 14.4. The second-order valence-electron chi connectivity index (χ2n) is 7.00. The van der Waals surface area contributed by atoms with E-state index < -0.39 is 0 Å². The fourth-order valence-electron chi connectivity index (χ4n) is 2.92. The van der Waals surface area contributed by atoms with Crippen LogP contribution in [0.4, 0.5) is 0 Å². The van der Waals surface area contributed by atoms with Crippen molar-refractivity contribution in [2.75, 3.05) is 0 Å². The van der Waals surface area contributed by atoms with Gasteiger partial charge in [0, 0.05) is 15.6 Å². The van der Waals surface area contributed by atoms with E-state index in [9.17, 15) is 4.79 Å². The Balaban J connectivity index is 1.63. The number of ether oxygens (including phenoxy) is 1. The van der Waals surface area contributed by atoms with Gasteiger partial charge >= 0.3 is 0 Å². The molecule has 3 aromatic carbocycles. The summed E-state index contributed by atoms with van der Waals surface area (Å²) in [5.41, 5.74) is 7.45. The van der Waals surface area contributed by atoms with Gasteiger partial charge in [-0.05, 0) is 60.9 Å². The number of amides is 1. The second kappa shape index (κ2) is 10.3. The molecule has 0 aromatic heterocycles. The van der Waals surface area contributed by atoms with E-state index in [-0.39, 0.29) is 12.3 Å². The smallest absolute Gasteiger partial charge is 0.244 e. The minimum absolute atomic E-state index is 0.191. The van der Waals surface area contributed by atoms with Crippen LogP contribution in [0.5, 0.6) is 5.75 Å². The van der Waals surface area contributed by atoms with E-state index in [1.807, 2.05) is 50.2 Å². The molecule has 0 unspecified atom stereocenters. The number of aryl methyl sites for hydroxylation is 2. The lowest BCUT2D eigenvalue weighted by molar-refractivity contribution is -0.120. The third kappa shape index (κ3) is 6.34. The van der Waals surface area contributed by atoms with Gasteiger partial charge in [0.25, 0.3) is 0 Å². The van der Waals surface area contributed by atoms with Gasteiger partial charge in [-0.1, -0.05) is 59.1 Å². The van der Waals surface area contributed by atoms with Gasteiger partial charge in [0.1, 0.15) is 12.4 Å². The summed E-state index contributed by atoms with van der Waals surface area (Å²) >= 11 is 12.0. The number of nitrogens with zero attached hydrogens (tertiary/aromatic N) is 1. The molecule has 0 spiro atoms. The van der Waals surface area contributed by atoms with E-state index in [1.165, 1.54) is 11.8 Å². The Morgan fingerprint density at radius 1 is 1.00 bits per heavy atom.